The van der Waals surface area contributed by atoms with Crippen molar-refractivity contribution in [1.82, 2.24) is 15.5 Å². The van der Waals surface area contributed by atoms with Gasteiger partial charge >= 0.3 is 0 Å². The topological polar surface area (TPSA) is 51.0 Å². The van der Waals surface area contributed by atoms with Crippen LogP contribution < -0.4 is 5.32 Å². The van der Waals surface area contributed by atoms with Crippen molar-refractivity contribution >= 4 is 11.8 Å². The fourth-order valence-corrected chi connectivity index (χ4v) is 2.74. The Bertz CT molecular complexity index is 559. The van der Waals surface area contributed by atoms with Crippen LogP contribution in [0.4, 0.5) is 4.39 Å². The van der Waals surface area contributed by atoms with Crippen molar-refractivity contribution in [2.45, 2.75) is 36.9 Å². The summed E-state index contributed by atoms with van der Waals surface area (Å²) in [5.41, 5.74) is 0.891. The highest BCUT2D eigenvalue weighted by molar-refractivity contribution is 7.99. The lowest BCUT2D eigenvalue weighted by Gasteiger charge is -2.16. The number of nitrogens with zero attached hydrogens (tertiary/aromatic N) is 2. The fraction of sp³-hybridized carbons (Fsp3) is 0.385. The van der Waals surface area contributed by atoms with E-state index in [-0.39, 0.29) is 11.9 Å². The van der Waals surface area contributed by atoms with E-state index < -0.39 is 0 Å². The van der Waals surface area contributed by atoms with Crippen molar-refractivity contribution in [3.05, 3.63) is 35.5 Å². The lowest BCUT2D eigenvalue weighted by Crippen LogP contribution is -2.18. The second kappa shape index (κ2) is 6.16. The van der Waals surface area contributed by atoms with Crippen molar-refractivity contribution in [1.29, 1.82) is 0 Å². The SMILES string of the molecule is CCNC(C)c1cccc(F)c1Sc1nnc(C)o1. The Hall–Kier alpha value is -1.40. The molecule has 0 amide bonds. The summed E-state index contributed by atoms with van der Waals surface area (Å²) >= 11 is 1.16. The van der Waals surface area contributed by atoms with Gasteiger partial charge in [-0.3, -0.25) is 0 Å². The molecule has 1 heterocycles. The van der Waals surface area contributed by atoms with Gasteiger partial charge in [0.1, 0.15) is 5.82 Å². The average Bonchev–Trinajstić information content (AvgIpc) is 2.78. The summed E-state index contributed by atoms with van der Waals surface area (Å²) in [7, 11) is 0. The van der Waals surface area contributed by atoms with Crippen molar-refractivity contribution < 1.29 is 8.81 Å². The van der Waals surface area contributed by atoms with E-state index in [0.29, 0.717) is 16.0 Å². The summed E-state index contributed by atoms with van der Waals surface area (Å²) in [4.78, 5) is 0.527. The van der Waals surface area contributed by atoms with E-state index in [9.17, 15) is 4.39 Å². The second-order valence-corrected chi connectivity index (χ2v) is 5.09. The molecule has 0 bridgehead atoms. The maximum atomic E-state index is 14.0. The first-order valence-corrected chi connectivity index (χ1v) is 6.93. The molecule has 0 aliphatic rings. The molecule has 1 aromatic carbocycles. The molecule has 4 nitrogen and oxygen atoms in total. The Morgan fingerprint density at radius 1 is 1.42 bits per heavy atom. The van der Waals surface area contributed by atoms with Gasteiger partial charge in [-0.2, -0.15) is 0 Å². The summed E-state index contributed by atoms with van der Waals surface area (Å²) in [6.07, 6.45) is 0. The first-order chi connectivity index (χ1) is 9.11. The van der Waals surface area contributed by atoms with Crippen LogP contribution in [-0.2, 0) is 0 Å². The summed E-state index contributed by atoms with van der Waals surface area (Å²) in [6.45, 7) is 6.55. The molecule has 1 atom stereocenters. The van der Waals surface area contributed by atoms with Crippen LogP contribution in [0.15, 0.2) is 32.7 Å². The number of hydrogen-bond donors (Lipinski definition) is 1. The zero-order chi connectivity index (χ0) is 13.8. The minimum Gasteiger partial charge on any atom is -0.416 e. The van der Waals surface area contributed by atoms with Crippen LogP contribution in [0.1, 0.15) is 31.3 Å². The third kappa shape index (κ3) is 3.33. The molecule has 102 valence electrons. The van der Waals surface area contributed by atoms with Crippen LogP contribution in [0.2, 0.25) is 0 Å². The Balaban J connectivity index is 2.32. The molecular weight excluding hydrogens is 265 g/mol. The molecule has 1 unspecified atom stereocenters. The van der Waals surface area contributed by atoms with E-state index in [1.807, 2.05) is 19.9 Å². The monoisotopic (exact) mass is 281 g/mol. The third-order valence-electron chi connectivity index (χ3n) is 2.67. The number of halogens is 1. The van der Waals surface area contributed by atoms with Crippen LogP contribution in [0, 0.1) is 12.7 Å². The van der Waals surface area contributed by atoms with Crippen molar-refractivity contribution in [2.24, 2.45) is 0 Å². The number of nitrogens with one attached hydrogen (secondary N) is 1. The average molecular weight is 281 g/mol. The number of rotatable bonds is 5. The van der Waals surface area contributed by atoms with Crippen LogP contribution >= 0.6 is 11.8 Å². The Morgan fingerprint density at radius 2 is 2.21 bits per heavy atom. The van der Waals surface area contributed by atoms with E-state index in [2.05, 4.69) is 15.5 Å². The molecule has 2 aromatic rings. The van der Waals surface area contributed by atoms with Crippen LogP contribution in [-0.4, -0.2) is 16.7 Å². The Kier molecular flexibility index (Phi) is 4.55. The summed E-state index contributed by atoms with van der Waals surface area (Å²) in [5, 5.41) is 11.3. The molecule has 2 rings (SSSR count). The highest BCUT2D eigenvalue weighted by Crippen LogP contribution is 2.34. The molecule has 1 aromatic heterocycles. The molecule has 1 N–H and O–H groups in total. The number of benzene rings is 1. The fourth-order valence-electron chi connectivity index (χ4n) is 1.80. The molecule has 0 radical (unpaired) electrons. The standard InChI is InChI=1S/C13H16FN3OS/c1-4-15-8(2)10-6-5-7-11(14)12(10)19-13-17-16-9(3)18-13/h5-8,15H,4H2,1-3H3. The first-order valence-electron chi connectivity index (χ1n) is 6.11. The van der Waals surface area contributed by atoms with Gasteiger partial charge < -0.3 is 9.73 Å². The Morgan fingerprint density at radius 3 is 2.84 bits per heavy atom. The molecule has 0 aliphatic carbocycles. The van der Waals surface area contributed by atoms with Crippen molar-refractivity contribution in [3.8, 4) is 0 Å². The highest BCUT2D eigenvalue weighted by Gasteiger charge is 2.17. The van der Waals surface area contributed by atoms with Gasteiger partial charge in [-0.15, -0.1) is 10.2 Å². The van der Waals surface area contributed by atoms with Crippen LogP contribution in [0.5, 0.6) is 0 Å². The minimum atomic E-state index is -0.275. The van der Waals surface area contributed by atoms with Gasteiger partial charge in [-0.25, -0.2) is 4.39 Å². The van der Waals surface area contributed by atoms with E-state index in [1.165, 1.54) is 6.07 Å². The van der Waals surface area contributed by atoms with Gasteiger partial charge in [0, 0.05) is 13.0 Å². The van der Waals surface area contributed by atoms with Crippen molar-refractivity contribution in [3.63, 3.8) is 0 Å². The molecule has 0 spiro atoms. The van der Waals surface area contributed by atoms with Gasteiger partial charge in [0.25, 0.3) is 5.22 Å². The molecule has 19 heavy (non-hydrogen) atoms. The molecule has 0 fully saturated rings. The lowest BCUT2D eigenvalue weighted by atomic mass is 10.1. The predicted molar refractivity (Wildman–Crippen MR) is 71.6 cm³/mol. The minimum absolute atomic E-state index is 0.0622. The zero-order valence-electron chi connectivity index (χ0n) is 11.1. The van der Waals surface area contributed by atoms with E-state index in [1.54, 1.807) is 13.0 Å². The molecular formula is C13H16FN3OS. The lowest BCUT2D eigenvalue weighted by molar-refractivity contribution is 0.428. The van der Waals surface area contributed by atoms with Gasteiger partial charge in [0.15, 0.2) is 0 Å². The van der Waals surface area contributed by atoms with Gasteiger partial charge in [0.05, 0.1) is 4.90 Å². The molecule has 0 saturated carbocycles. The predicted octanol–water partition coefficient (Wildman–Crippen LogP) is 3.34. The summed E-state index contributed by atoms with van der Waals surface area (Å²) in [6, 6.07) is 5.12. The molecule has 0 saturated heterocycles. The summed E-state index contributed by atoms with van der Waals surface area (Å²) in [5.74, 6) is 0.197. The summed E-state index contributed by atoms with van der Waals surface area (Å²) < 4.78 is 19.3. The van der Waals surface area contributed by atoms with Gasteiger partial charge in [0.2, 0.25) is 5.89 Å². The van der Waals surface area contributed by atoms with Crippen LogP contribution in [0.25, 0.3) is 0 Å². The zero-order valence-corrected chi connectivity index (χ0v) is 11.9. The number of aromatic nitrogens is 2. The van der Waals surface area contributed by atoms with E-state index in [0.717, 1.165) is 23.9 Å². The smallest absolute Gasteiger partial charge is 0.281 e. The van der Waals surface area contributed by atoms with Crippen LogP contribution in [0.3, 0.4) is 0 Å². The highest BCUT2D eigenvalue weighted by atomic mass is 32.2. The number of hydrogen-bond acceptors (Lipinski definition) is 5. The maximum Gasteiger partial charge on any atom is 0.281 e. The third-order valence-corrected chi connectivity index (χ3v) is 3.65. The first kappa shape index (κ1) is 14.0. The quantitative estimate of drug-likeness (QED) is 0.911. The molecule has 6 heteroatoms. The number of aryl methyl sites for hydroxylation is 1. The van der Waals surface area contributed by atoms with E-state index in [4.69, 9.17) is 4.42 Å². The Labute approximate surface area is 115 Å². The molecule has 0 aliphatic heterocycles. The van der Waals surface area contributed by atoms with Gasteiger partial charge in [-0.05, 0) is 36.9 Å². The normalized spacial score (nSPS) is 12.6. The maximum absolute atomic E-state index is 14.0. The van der Waals surface area contributed by atoms with E-state index >= 15 is 0 Å². The van der Waals surface area contributed by atoms with Crippen molar-refractivity contribution in [2.75, 3.05) is 6.54 Å². The second-order valence-electron chi connectivity index (χ2n) is 4.13. The van der Waals surface area contributed by atoms with Gasteiger partial charge in [-0.1, -0.05) is 19.1 Å². The largest absolute Gasteiger partial charge is 0.416 e.